The maximum absolute atomic E-state index is 12.7. The molecule has 3 atom stereocenters. The molecule has 0 amide bonds. The molecule has 20 heavy (non-hydrogen) atoms. The minimum absolute atomic E-state index is 0.174. The monoisotopic (exact) mass is 287 g/mol. The first-order chi connectivity index (χ1) is 9.43. The number of hydrogen-bond acceptors (Lipinski definition) is 2. The van der Waals surface area contributed by atoms with Crippen LogP contribution in [0.1, 0.15) is 25.0 Å². The minimum atomic E-state index is -1.13. The molecule has 0 aliphatic heterocycles. The van der Waals surface area contributed by atoms with Crippen LogP contribution < -0.4 is 5.73 Å². The van der Waals surface area contributed by atoms with Crippen LogP contribution >= 0.6 is 0 Å². The van der Waals surface area contributed by atoms with Crippen molar-refractivity contribution in [2.24, 2.45) is 5.73 Å². The minimum Gasteiger partial charge on any atom is -0.321 e. The highest BCUT2D eigenvalue weighted by Crippen LogP contribution is 2.27. The quantitative estimate of drug-likeness (QED) is 0.937. The zero-order valence-electron chi connectivity index (χ0n) is 12.2. The Bertz CT molecular complexity index is 590. The van der Waals surface area contributed by atoms with E-state index in [0.717, 1.165) is 16.0 Å². The Morgan fingerprint density at radius 2 is 1.60 bits per heavy atom. The summed E-state index contributed by atoms with van der Waals surface area (Å²) in [6, 6.07) is 17.7. The third kappa shape index (κ3) is 3.00. The maximum Gasteiger partial charge on any atom is 0.0585 e. The van der Waals surface area contributed by atoms with Gasteiger partial charge in [-0.2, -0.15) is 0 Å². The van der Waals surface area contributed by atoms with Crippen molar-refractivity contribution in [1.29, 1.82) is 0 Å². The van der Waals surface area contributed by atoms with Gasteiger partial charge in [-0.3, -0.25) is 4.21 Å². The molecule has 0 aliphatic rings. The van der Waals surface area contributed by atoms with Crippen LogP contribution in [0.15, 0.2) is 59.5 Å². The molecular weight excluding hydrogens is 266 g/mol. The van der Waals surface area contributed by atoms with Crippen molar-refractivity contribution in [3.8, 4) is 0 Å². The number of hydrogen-bond donors (Lipinski definition) is 1. The first-order valence-corrected chi connectivity index (χ1v) is 7.96. The van der Waals surface area contributed by atoms with Crippen LogP contribution in [0.2, 0.25) is 0 Å². The van der Waals surface area contributed by atoms with Crippen molar-refractivity contribution in [1.82, 2.24) is 0 Å². The summed E-state index contributed by atoms with van der Waals surface area (Å²) in [5, 5.41) is -0.174. The van der Waals surface area contributed by atoms with E-state index in [1.165, 1.54) is 0 Å². The molecule has 2 nitrogen and oxygen atoms in total. The second kappa shape index (κ2) is 5.90. The van der Waals surface area contributed by atoms with Crippen LogP contribution in [-0.2, 0) is 16.3 Å². The van der Waals surface area contributed by atoms with E-state index in [4.69, 9.17) is 5.73 Å². The molecule has 0 heterocycles. The molecule has 0 saturated carbocycles. The fourth-order valence-electron chi connectivity index (χ4n) is 2.13. The Labute approximate surface area is 123 Å². The molecule has 2 aromatic carbocycles. The summed E-state index contributed by atoms with van der Waals surface area (Å²) >= 11 is 0. The second-order valence-electron chi connectivity index (χ2n) is 5.40. The summed E-state index contributed by atoms with van der Waals surface area (Å²) in [6.07, 6.45) is 0. The van der Waals surface area contributed by atoms with Crippen molar-refractivity contribution in [3.05, 3.63) is 65.7 Å². The number of nitrogens with two attached hydrogens (primary N) is 1. The summed E-state index contributed by atoms with van der Waals surface area (Å²) in [5.74, 6) is 0. The molecule has 0 saturated heterocycles. The van der Waals surface area contributed by atoms with Crippen molar-refractivity contribution in [2.45, 2.75) is 36.5 Å². The molecule has 0 radical (unpaired) electrons. The number of benzene rings is 2. The van der Waals surface area contributed by atoms with Crippen LogP contribution in [-0.4, -0.2) is 9.46 Å². The van der Waals surface area contributed by atoms with Gasteiger partial charge in [-0.05, 0) is 38.5 Å². The van der Waals surface area contributed by atoms with Gasteiger partial charge in [0.25, 0.3) is 0 Å². The van der Waals surface area contributed by atoms with Crippen LogP contribution in [0.3, 0.4) is 0 Å². The lowest BCUT2D eigenvalue weighted by atomic mass is 9.90. The Balaban J connectivity index is 2.28. The van der Waals surface area contributed by atoms with Gasteiger partial charge in [-0.1, -0.05) is 48.0 Å². The van der Waals surface area contributed by atoms with Crippen LogP contribution in [0.25, 0.3) is 0 Å². The Morgan fingerprint density at radius 1 is 1.05 bits per heavy atom. The van der Waals surface area contributed by atoms with Gasteiger partial charge in [-0.25, -0.2) is 0 Å². The largest absolute Gasteiger partial charge is 0.321 e. The number of rotatable bonds is 4. The summed E-state index contributed by atoms with van der Waals surface area (Å²) in [4.78, 5) is 0.829. The molecule has 0 aromatic heterocycles. The predicted octanol–water partition coefficient (Wildman–Crippen LogP) is 3.37. The standard InChI is InChI=1S/C17H21NOS/c1-13-9-11-16(12-10-13)20(19)14(2)17(3,18)15-7-5-4-6-8-15/h4-12,14H,18H2,1-3H3/t14-,17-,20-/m1/s1. The van der Waals surface area contributed by atoms with Gasteiger partial charge >= 0.3 is 0 Å². The fraction of sp³-hybridized carbons (Fsp3) is 0.294. The number of aryl methyl sites for hydroxylation is 1. The van der Waals surface area contributed by atoms with Gasteiger partial charge in [0.05, 0.1) is 21.6 Å². The molecule has 2 N–H and O–H groups in total. The average Bonchev–Trinajstić information content (AvgIpc) is 2.47. The van der Waals surface area contributed by atoms with E-state index in [9.17, 15) is 4.21 Å². The van der Waals surface area contributed by atoms with E-state index in [1.807, 2.05) is 75.4 Å². The Kier molecular flexibility index (Phi) is 4.41. The zero-order chi connectivity index (χ0) is 14.8. The molecule has 106 valence electrons. The van der Waals surface area contributed by atoms with Gasteiger partial charge in [-0.15, -0.1) is 0 Å². The van der Waals surface area contributed by atoms with Gasteiger partial charge in [0.2, 0.25) is 0 Å². The first-order valence-electron chi connectivity index (χ1n) is 6.74. The van der Waals surface area contributed by atoms with E-state index in [-0.39, 0.29) is 5.25 Å². The lowest BCUT2D eigenvalue weighted by molar-refractivity contribution is 0.479. The van der Waals surface area contributed by atoms with Crippen LogP contribution in [0.4, 0.5) is 0 Å². The zero-order valence-corrected chi connectivity index (χ0v) is 13.0. The SMILES string of the molecule is Cc1ccc([S@](=O)[C@H](C)[C@@](C)(N)c2ccccc2)cc1. The van der Waals surface area contributed by atoms with Crippen molar-refractivity contribution < 1.29 is 4.21 Å². The molecule has 2 rings (SSSR count). The average molecular weight is 287 g/mol. The van der Waals surface area contributed by atoms with Gasteiger partial charge in [0, 0.05) is 4.90 Å². The summed E-state index contributed by atoms with van der Waals surface area (Å²) < 4.78 is 12.7. The normalized spacial score (nSPS) is 17.2. The van der Waals surface area contributed by atoms with Crippen molar-refractivity contribution >= 4 is 10.8 Å². The highest BCUT2D eigenvalue weighted by Gasteiger charge is 2.33. The van der Waals surface area contributed by atoms with E-state index in [1.54, 1.807) is 0 Å². The lowest BCUT2D eigenvalue weighted by Gasteiger charge is -2.31. The van der Waals surface area contributed by atoms with E-state index < -0.39 is 16.3 Å². The topological polar surface area (TPSA) is 43.1 Å². The smallest absolute Gasteiger partial charge is 0.0585 e. The fourth-order valence-corrected chi connectivity index (χ4v) is 3.52. The van der Waals surface area contributed by atoms with E-state index in [0.29, 0.717) is 0 Å². The van der Waals surface area contributed by atoms with Crippen molar-refractivity contribution in [3.63, 3.8) is 0 Å². The van der Waals surface area contributed by atoms with Crippen LogP contribution in [0, 0.1) is 6.92 Å². The van der Waals surface area contributed by atoms with Gasteiger partial charge in [0.1, 0.15) is 0 Å². The highest BCUT2D eigenvalue weighted by atomic mass is 32.2. The predicted molar refractivity (Wildman–Crippen MR) is 85.0 cm³/mol. The van der Waals surface area contributed by atoms with Crippen LogP contribution in [0.5, 0.6) is 0 Å². The molecule has 0 aliphatic carbocycles. The summed E-state index contributed by atoms with van der Waals surface area (Å²) in [5.41, 5.74) is 8.00. The van der Waals surface area contributed by atoms with E-state index >= 15 is 0 Å². The second-order valence-corrected chi connectivity index (χ2v) is 7.17. The third-order valence-electron chi connectivity index (χ3n) is 3.81. The molecule has 0 spiro atoms. The summed E-state index contributed by atoms with van der Waals surface area (Å²) in [6.45, 7) is 5.91. The highest BCUT2D eigenvalue weighted by molar-refractivity contribution is 7.85. The maximum atomic E-state index is 12.7. The van der Waals surface area contributed by atoms with Gasteiger partial charge < -0.3 is 5.73 Å². The molecule has 0 unspecified atom stereocenters. The molecule has 0 fully saturated rings. The Morgan fingerprint density at radius 3 is 2.15 bits per heavy atom. The third-order valence-corrected chi connectivity index (χ3v) is 5.68. The molecular formula is C17H21NOS. The van der Waals surface area contributed by atoms with Gasteiger partial charge in [0.15, 0.2) is 0 Å². The van der Waals surface area contributed by atoms with Crippen molar-refractivity contribution in [2.75, 3.05) is 0 Å². The molecule has 3 heteroatoms. The molecule has 2 aromatic rings. The first kappa shape index (κ1) is 14.9. The molecule has 0 bridgehead atoms. The van der Waals surface area contributed by atoms with E-state index in [2.05, 4.69) is 0 Å². The lowest BCUT2D eigenvalue weighted by Crippen LogP contribution is -2.45. The summed E-state index contributed by atoms with van der Waals surface area (Å²) in [7, 11) is -1.13. The Hall–Kier alpha value is -1.45.